The number of urea groups is 1. The number of aromatic nitrogens is 4. The monoisotopic (exact) mass is 527 g/mol. The number of methoxy groups -OCH3 is 2. The van der Waals surface area contributed by atoms with Crippen molar-refractivity contribution in [1.29, 1.82) is 0 Å². The van der Waals surface area contributed by atoms with Gasteiger partial charge in [0.05, 0.1) is 32.1 Å². The molecule has 5 rings (SSSR count). The molecule has 11 nitrogen and oxygen atoms in total. The van der Waals surface area contributed by atoms with Gasteiger partial charge in [-0.05, 0) is 48.5 Å². The fraction of sp³-hybridized carbons (Fsp3) is 0.0741. The number of nitrogens with one attached hydrogen (secondary N) is 2. The topological polar surface area (TPSA) is 125 Å². The number of para-hydroxylation sites is 1. The minimum atomic E-state index is -0.567. The third kappa shape index (κ3) is 5.74. The van der Waals surface area contributed by atoms with Gasteiger partial charge in [0.1, 0.15) is 28.7 Å². The number of rotatable bonds is 8. The van der Waals surface area contributed by atoms with E-state index in [1.54, 1.807) is 81.1 Å². The number of benzene rings is 3. The molecule has 0 saturated carbocycles. The average Bonchev–Trinajstić information content (AvgIpc) is 3.42. The lowest BCUT2D eigenvalue weighted by Crippen LogP contribution is -2.24. The van der Waals surface area contributed by atoms with Crippen LogP contribution in [-0.2, 0) is 0 Å². The Kier molecular flexibility index (Phi) is 7.26. The summed E-state index contributed by atoms with van der Waals surface area (Å²) in [7, 11) is 3.13. The number of hydrogen-bond acceptors (Lipinski definition) is 8. The summed E-state index contributed by atoms with van der Waals surface area (Å²) in [5, 5.41) is 15.0. The average molecular weight is 528 g/mol. The Labute approximate surface area is 221 Å². The number of fused-ring (bicyclic) bond motifs is 1. The lowest BCUT2D eigenvalue weighted by molar-refractivity contribution is 0.252. The summed E-state index contributed by atoms with van der Waals surface area (Å²) in [5.74, 6) is 1.84. The first kappa shape index (κ1) is 25.1. The lowest BCUT2D eigenvalue weighted by Gasteiger charge is -2.12. The van der Waals surface area contributed by atoms with Gasteiger partial charge in [-0.15, -0.1) is 5.10 Å². The Hall–Kier alpha value is -5.52. The van der Waals surface area contributed by atoms with E-state index in [1.165, 1.54) is 23.2 Å². The second-order valence-electron chi connectivity index (χ2n) is 8.02. The Morgan fingerprint density at radius 1 is 1.00 bits per heavy atom. The summed E-state index contributed by atoms with van der Waals surface area (Å²) < 4.78 is 32.0. The van der Waals surface area contributed by atoms with Crippen molar-refractivity contribution >= 4 is 28.8 Å². The smallest absolute Gasteiger partial charge is 0.339 e. The predicted molar refractivity (Wildman–Crippen MR) is 142 cm³/mol. The molecular formula is C27H22FN7O4. The van der Waals surface area contributed by atoms with Crippen LogP contribution in [-0.4, -0.2) is 46.4 Å². The van der Waals surface area contributed by atoms with Gasteiger partial charge in [-0.1, -0.05) is 17.3 Å². The van der Waals surface area contributed by atoms with E-state index in [0.29, 0.717) is 39.9 Å². The van der Waals surface area contributed by atoms with Gasteiger partial charge >= 0.3 is 6.03 Å². The molecule has 5 aromatic rings. The summed E-state index contributed by atoms with van der Waals surface area (Å²) in [5.41, 5.74) is 4.14. The van der Waals surface area contributed by atoms with E-state index in [2.05, 4.69) is 31.1 Å². The standard InChI is InChI=1S/C27H22FN7O4/c1-37-25-13-20-22(14-26(25)38-2)29-12-11-24(20)39-19-9-7-17(8-10-19)31-27(36)33-30-15-18-16-35(34-32-18)23-6-4-3-5-21(23)28/h3-16H,1-2H3,(H2,31,33,36)/b30-15+. The molecule has 2 amide bonds. The molecule has 2 heterocycles. The molecule has 2 aromatic heterocycles. The molecule has 0 atom stereocenters. The molecule has 0 saturated heterocycles. The predicted octanol–water partition coefficient (Wildman–Crippen LogP) is 4.92. The number of pyridine rings is 1. The van der Waals surface area contributed by atoms with Gasteiger partial charge in [0.15, 0.2) is 11.5 Å². The quantitative estimate of drug-likeness (QED) is 0.217. The van der Waals surface area contributed by atoms with Crippen molar-refractivity contribution in [3.63, 3.8) is 0 Å². The van der Waals surface area contributed by atoms with Crippen molar-refractivity contribution in [3.05, 3.63) is 90.6 Å². The molecule has 0 spiro atoms. The van der Waals surface area contributed by atoms with Gasteiger partial charge in [-0.2, -0.15) is 5.10 Å². The number of hydrazone groups is 1. The Balaban J connectivity index is 1.19. The maximum atomic E-state index is 13.9. The fourth-order valence-corrected chi connectivity index (χ4v) is 3.68. The van der Waals surface area contributed by atoms with Crippen molar-refractivity contribution in [2.24, 2.45) is 5.10 Å². The van der Waals surface area contributed by atoms with Crippen LogP contribution in [0.25, 0.3) is 16.6 Å². The lowest BCUT2D eigenvalue weighted by atomic mass is 10.2. The van der Waals surface area contributed by atoms with E-state index < -0.39 is 11.8 Å². The van der Waals surface area contributed by atoms with Crippen LogP contribution in [0.15, 0.2) is 84.2 Å². The van der Waals surface area contributed by atoms with Crippen LogP contribution in [0.4, 0.5) is 14.9 Å². The van der Waals surface area contributed by atoms with Crippen LogP contribution in [0.1, 0.15) is 5.69 Å². The molecule has 3 aromatic carbocycles. The SMILES string of the molecule is COc1cc2nccc(Oc3ccc(NC(=O)N/N=C/c4cn(-c5ccccc5F)nn4)cc3)c2cc1OC. The highest BCUT2D eigenvalue weighted by atomic mass is 19.1. The highest BCUT2D eigenvalue weighted by Crippen LogP contribution is 2.37. The molecule has 12 heteroatoms. The van der Waals surface area contributed by atoms with Gasteiger partial charge in [0.2, 0.25) is 0 Å². The number of nitrogens with zero attached hydrogens (tertiary/aromatic N) is 5. The molecule has 2 N–H and O–H groups in total. The number of carbonyl (C=O) groups excluding carboxylic acids is 1. The number of amides is 2. The van der Waals surface area contributed by atoms with E-state index in [1.807, 2.05) is 0 Å². The number of anilines is 1. The van der Waals surface area contributed by atoms with Crippen LogP contribution in [0.2, 0.25) is 0 Å². The van der Waals surface area contributed by atoms with Crippen molar-refractivity contribution in [2.45, 2.75) is 0 Å². The molecule has 0 bridgehead atoms. The van der Waals surface area contributed by atoms with Gasteiger partial charge in [0.25, 0.3) is 0 Å². The third-order valence-corrected chi connectivity index (χ3v) is 5.52. The van der Waals surface area contributed by atoms with E-state index in [9.17, 15) is 9.18 Å². The first-order valence-corrected chi connectivity index (χ1v) is 11.6. The zero-order valence-corrected chi connectivity index (χ0v) is 20.8. The molecule has 0 aliphatic rings. The minimum absolute atomic E-state index is 0.250. The summed E-state index contributed by atoms with van der Waals surface area (Å²) in [4.78, 5) is 16.6. The van der Waals surface area contributed by atoms with Crippen LogP contribution in [0.5, 0.6) is 23.0 Å². The molecule has 0 aliphatic carbocycles. The van der Waals surface area contributed by atoms with Crippen LogP contribution >= 0.6 is 0 Å². The molecular weight excluding hydrogens is 505 g/mol. The van der Waals surface area contributed by atoms with Crippen LogP contribution in [0, 0.1) is 5.82 Å². The summed E-state index contributed by atoms with van der Waals surface area (Å²) in [6, 6.07) is 17.7. The van der Waals surface area contributed by atoms with E-state index >= 15 is 0 Å². The van der Waals surface area contributed by atoms with E-state index in [4.69, 9.17) is 14.2 Å². The third-order valence-electron chi connectivity index (χ3n) is 5.52. The first-order valence-electron chi connectivity index (χ1n) is 11.6. The highest BCUT2D eigenvalue weighted by molar-refractivity contribution is 5.90. The Morgan fingerprint density at radius 2 is 1.77 bits per heavy atom. The molecule has 39 heavy (non-hydrogen) atoms. The maximum absolute atomic E-state index is 13.9. The van der Waals surface area contributed by atoms with Crippen LogP contribution < -0.4 is 25.0 Å². The number of carbonyl (C=O) groups is 1. The summed E-state index contributed by atoms with van der Waals surface area (Å²) >= 11 is 0. The number of hydrogen-bond donors (Lipinski definition) is 2. The molecule has 0 aliphatic heterocycles. The van der Waals surface area contributed by atoms with Gasteiger partial charge in [0, 0.05) is 23.3 Å². The number of ether oxygens (including phenoxy) is 3. The molecule has 0 radical (unpaired) electrons. The van der Waals surface area contributed by atoms with E-state index in [0.717, 1.165) is 5.39 Å². The highest BCUT2D eigenvalue weighted by Gasteiger charge is 2.12. The minimum Gasteiger partial charge on any atom is -0.493 e. The van der Waals surface area contributed by atoms with E-state index in [-0.39, 0.29) is 5.69 Å². The molecule has 0 fully saturated rings. The molecule has 196 valence electrons. The summed E-state index contributed by atoms with van der Waals surface area (Å²) in [6.45, 7) is 0. The van der Waals surface area contributed by atoms with Crippen molar-refractivity contribution in [2.75, 3.05) is 19.5 Å². The van der Waals surface area contributed by atoms with Crippen molar-refractivity contribution < 1.29 is 23.4 Å². The largest absolute Gasteiger partial charge is 0.493 e. The van der Waals surface area contributed by atoms with Gasteiger partial charge in [-0.3, -0.25) is 4.98 Å². The second kappa shape index (κ2) is 11.3. The zero-order chi connectivity index (χ0) is 27.2. The Bertz CT molecular complexity index is 1650. The number of halogens is 1. The van der Waals surface area contributed by atoms with Crippen molar-refractivity contribution in [3.8, 4) is 28.7 Å². The normalized spacial score (nSPS) is 10.9. The van der Waals surface area contributed by atoms with Gasteiger partial charge in [-0.25, -0.2) is 19.3 Å². The summed E-state index contributed by atoms with van der Waals surface area (Å²) in [6.07, 6.45) is 4.42. The fourth-order valence-electron chi connectivity index (χ4n) is 3.68. The maximum Gasteiger partial charge on any atom is 0.339 e. The van der Waals surface area contributed by atoms with Crippen molar-refractivity contribution in [1.82, 2.24) is 25.4 Å². The van der Waals surface area contributed by atoms with Crippen LogP contribution in [0.3, 0.4) is 0 Å². The Morgan fingerprint density at radius 3 is 2.54 bits per heavy atom. The van der Waals surface area contributed by atoms with Gasteiger partial charge < -0.3 is 19.5 Å². The molecule has 0 unspecified atom stereocenters. The second-order valence-corrected chi connectivity index (χ2v) is 8.02. The first-order chi connectivity index (χ1) is 19.0. The zero-order valence-electron chi connectivity index (χ0n) is 20.8.